The molecule has 0 aliphatic carbocycles. The first-order chi connectivity index (χ1) is 14.3. The highest BCUT2D eigenvalue weighted by Crippen LogP contribution is 2.34. The van der Waals surface area contributed by atoms with Gasteiger partial charge in [-0.1, -0.05) is 78.3 Å². The summed E-state index contributed by atoms with van der Waals surface area (Å²) in [6.45, 7) is -0.925. The lowest BCUT2D eigenvalue weighted by Gasteiger charge is -2.26. The van der Waals surface area contributed by atoms with Crippen molar-refractivity contribution < 1.29 is 21.9 Å². The van der Waals surface area contributed by atoms with Crippen LogP contribution in [-0.2, 0) is 20.0 Å². The molecular weight excluding hydrogens is 446 g/mol. The number of hydrogen-bond acceptors (Lipinski definition) is 5. The van der Waals surface area contributed by atoms with Gasteiger partial charge in [0.2, 0.25) is 0 Å². The normalized spacial score (nSPS) is 12.9. The summed E-state index contributed by atoms with van der Waals surface area (Å²) >= 11 is 6.40. The van der Waals surface area contributed by atoms with Gasteiger partial charge in [0, 0.05) is 0 Å². The summed E-state index contributed by atoms with van der Waals surface area (Å²) in [4.78, 5) is -0.513. The summed E-state index contributed by atoms with van der Waals surface area (Å²) in [7, 11) is -9.26. The van der Waals surface area contributed by atoms with Crippen LogP contribution in [0.2, 0.25) is 0 Å². The van der Waals surface area contributed by atoms with Crippen LogP contribution in [0.3, 0.4) is 0 Å². The monoisotopic (exact) mass is 463 g/mol. The molecule has 0 saturated heterocycles. The third-order valence-corrected chi connectivity index (χ3v) is 8.83. The molecule has 0 radical (unpaired) electrons. The molecule has 3 aromatic carbocycles. The van der Waals surface area contributed by atoms with Crippen molar-refractivity contribution in [2.24, 2.45) is 0 Å². The van der Waals surface area contributed by atoms with Crippen molar-refractivity contribution in [1.29, 1.82) is 0 Å². The van der Waals surface area contributed by atoms with Crippen molar-refractivity contribution in [2.75, 3.05) is 6.61 Å². The second kappa shape index (κ2) is 9.01. The zero-order valence-corrected chi connectivity index (χ0v) is 18.0. The fourth-order valence-corrected chi connectivity index (χ4v) is 6.94. The Bertz CT molecular complexity index is 1180. The van der Waals surface area contributed by atoms with Crippen molar-refractivity contribution in [1.82, 2.24) is 3.71 Å². The van der Waals surface area contributed by atoms with E-state index in [2.05, 4.69) is 0 Å². The zero-order chi connectivity index (χ0) is 21.8. The van der Waals surface area contributed by atoms with Crippen molar-refractivity contribution in [2.45, 2.75) is 9.79 Å². The van der Waals surface area contributed by atoms with E-state index in [0.29, 0.717) is 5.56 Å². The Morgan fingerprint density at radius 3 is 1.43 bits per heavy atom. The van der Waals surface area contributed by atoms with E-state index < -0.39 is 32.4 Å². The van der Waals surface area contributed by atoms with Gasteiger partial charge >= 0.3 is 0 Å². The summed E-state index contributed by atoms with van der Waals surface area (Å²) in [5.41, 5.74) is -0.115. The summed E-state index contributed by atoms with van der Waals surface area (Å²) in [6, 6.07) is 22.4. The molecular formula is C21H18ClNO5S2. The molecule has 0 saturated carbocycles. The minimum atomic E-state index is -4.63. The molecule has 0 unspecified atom stereocenters. The number of nitrogens with zero attached hydrogens (tertiary/aromatic N) is 1. The average molecular weight is 464 g/mol. The van der Waals surface area contributed by atoms with E-state index >= 15 is 0 Å². The lowest BCUT2D eigenvalue weighted by atomic mass is 10.2. The summed E-state index contributed by atoms with van der Waals surface area (Å²) < 4.78 is 53.9. The smallest absolute Gasteiger partial charge is 0.277 e. The molecule has 30 heavy (non-hydrogen) atoms. The molecule has 9 heteroatoms. The molecule has 6 nitrogen and oxygen atoms in total. The van der Waals surface area contributed by atoms with Gasteiger partial charge in [-0.05, 0) is 29.8 Å². The molecule has 0 heterocycles. The molecule has 0 amide bonds. The third-order valence-electron chi connectivity index (χ3n) is 4.17. The molecule has 0 aliphatic rings. The predicted molar refractivity (Wildman–Crippen MR) is 115 cm³/mol. The number of aliphatic hydroxyl groups is 1. The van der Waals surface area contributed by atoms with Crippen molar-refractivity contribution in [3.05, 3.63) is 102 Å². The Hall–Kier alpha value is -2.65. The fourth-order valence-electron chi connectivity index (χ4n) is 2.75. The molecule has 3 rings (SSSR count). The summed E-state index contributed by atoms with van der Waals surface area (Å²) in [5.74, 6) is 0. The van der Waals surface area contributed by atoms with Gasteiger partial charge in [-0.15, -0.1) is 0 Å². The number of halogens is 1. The minimum absolute atomic E-state index is 0.197. The van der Waals surface area contributed by atoms with Crippen molar-refractivity contribution in [3.63, 3.8) is 0 Å². The van der Waals surface area contributed by atoms with Gasteiger partial charge in [0.05, 0.1) is 27.1 Å². The van der Waals surface area contributed by atoms with Crippen molar-refractivity contribution in [3.8, 4) is 0 Å². The molecule has 3 aromatic rings. The van der Waals surface area contributed by atoms with E-state index in [4.69, 9.17) is 11.6 Å². The Morgan fingerprint density at radius 1 is 0.700 bits per heavy atom. The van der Waals surface area contributed by atoms with E-state index in [1.54, 1.807) is 42.5 Å². The van der Waals surface area contributed by atoms with Gasteiger partial charge in [-0.3, -0.25) is 0 Å². The number of benzene rings is 3. The molecule has 0 spiro atoms. The Kier molecular flexibility index (Phi) is 6.62. The largest absolute Gasteiger partial charge is 0.390 e. The Balaban J connectivity index is 2.33. The second-order valence-electron chi connectivity index (χ2n) is 6.12. The van der Waals surface area contributed by atoms with Crippen LogP contribution in [0, 0.1) is 0 Å². The van der Waals surface area contributed by atoms with Crippen LogP contribution in [0.4, 0.5) is 0 Å². The van der Waals surface area contributed by atoms with Crippen LogP contribution < -0.4 is 0 Å². The Morgan fingerprint density at radius 2 is 1.07 bits per heavy atom. The fraction of sp³-hybridized carbons (Fsp3) is 0.0476. The quantitative estimate of drug-likeness (QED) is 0.577. The first kappa shape index (κ1) is 22.0. The molecule has 0 aromatic heterocycles. The summed E-state index contributed by atoms with van der Waals surface area (Å²) in [6.07, 6.45) is 0. The van der Waals surface area contributed by atoms with Gasteiger partial charge in [-0.2, -0.15) is 3.71 Å². The van der Waals surface area contributed by atoms with E-state index in [9.17, 15) is 21.9 Å². The highest BCUT2D eigenvalue weighted by atomic mass is 35.5. The SMILES string of the molecule is O=S(=O)(c1ccccc1)N(/C(CO)=C(/Cl)c1ccccc1)S(=O)(=O)c1ccccc1. The lowest BCUT2D eigenvalue weighted by molar-refractivity contribution is 0.315. The molecule has 0 aliphatic heterocycles. The van der Waals surface area contributed by atoms with E-state index in [-0.39, 0.29) is 18.5 Å². The van der Waals surface area contributed by atoms with E-state index in [0.717, 1.165) is 0 Å². The average Bonchev–Trinajstić information content (AvgIpc) is 2.78. The van der Waals surface area contributed by atoms with Gasteiger partial charge in [0.15, 0.2) is 0 Å². The minimum Gasteiger partial charge on any atom is -0.390 e. The van der Waals surface area contributed by atoms with Crippen LogP contribution in [0.15, 0.2) is 106 Å². The molecule has 1 N–H and O–H groups in total. The molecule has 0 bridgehead atoms. The first-order valence-electron chi connectivity index (χ1n) is 8.75. The van der Waals surface area contributed by atoms with Crippen LogP contribution in [0.1, 0.15) is 5.56 Å². The number of sulfonamides is 2. The highest BCUT2D eigenvalue weighted by Gasteiger charge is 2.39. The predicted octanol–water partition coefficient (Wildman–Crippen LogP) is 3.67. The van der Waals surface area contributed by atoms with E-state index in [1.807, 2.05) is 0 Å². The van der Waals surface area contributed by atoms with Crippen molar-refractivity contribution >= 4 is 36.7 Å². The maximum atomic E-state index is 13.4. The summed E-state index contributed by atoms with van der Waals surface area (Å²) in [5, 5.41) is 9.84. The van der Waals surface area contributed by atoms with Gasteiger partial charge in [0.1, 0.15) is 0 Å². The van der Waals surface area contributed by atoms with Gasteiger partial charge < -0.3 is 5.11 Å². The van der Waals surface area contributed by atoms with Crippen LogP contribution in [0.5, 0.6) is 0 Å². The van der Waals surface area contributed by atoms with Crippen LogP contribution >= 0.6 is 11.6 Å². The highest BCUT2D eigenvalue weighted by molar-refractivity contribution is 8.04. The van der Waals surface area contributed by atoms with Crippen LogP contribution in [-0.4, -0.2) is 32.3 Å². The number of hydrogen-bond donors (Lipinski definition) is 1. The van der Waals surface area contributed by atoms with Gasteiger partial charge in [0.25, 0.3) is 20.0 Å². The Labute approximate surface area is 180 Å². The lowest BCUT2D eigenvalue weighted by Crippen LogP contribution is -2.37. The zero-order valence-electron chi connectivity index (χ0n) is 15.6. The third kappa shape index (κ3) is 4.27. The molecule has 0 fully saturated rings. The second-order valence-corrected chi connectivity index (χ2v) is 10.3. The molecule has 0 atom stereocenters. The van der Waals surface area contributed by atoms with Crippen LogP contribution in [0.25, 0.3) is 5.03 Å². The maximum Gasteiger partial charge on any atom is 0.277 e. The standard InChI is InChI=1S/C21H18ClNO5S2/c22-21(17-10-4-1-5-11-17)20(16-24)23(29(25,26)18-12-6-2-7-13-18)30(27,28)19-14-8-3-9-15-19/h1-15,24H,16H2/b21-20+. The topological polar surface area (TPSA) is 91.8 Å². The maximum absolute atomic E-state index is 13.4. The van der Waals surface area contributed by atoms with Gasteiger partial charge in [-0.25, -0.2) is 16.8 Å². The van der Waals surface area contributed by atoms with E-state index in [1.165, 1.54) is 48.5 Å². The first-order valence-corrected chi connectivity index (χ1v) is 12.0. The molecule has 156 valence electrons. The number of aliphatic hydroxyl groups excluding tert-OH is 1. The number of rotatable bonds is 7.